The Balaban J connectivity index is 2.28. The molecule has 25 heavy (non-hydrogen) atoms. The van der Waals surface area contributed by atoms with Crippen molar-refractivity contribution in [2.24, 2.45) is 0 Å². The Morgan fingerprint density at radius 2 is 1.84 bits per heavy atom. The molecule has 2 aromatic rings. The van der Waals surface area contributed by atoms with Gasteiger partial charge in [-0.05, 0) is 42.1 Å². The lowest BCUT2D eigenvalue weighted by molar-refractivity contribution is -0.153. The zero-order valence-electron chi connectivity index (χ0n) is 14.7. The lowest BCUT2D eigenvalue weighted by atomic mass is 10.1. The second kappa shape index (κ2) is 8.48. The highest BCUT2D eigenvalue weighted by atomic mass is 32.1. The van der Waals surface area contributed by atoms with Crippen LogP contribution in [-0.4, -0.2) is 44.1 Å². The van der Waals surface area contributed by atoms with E-state index in [1.54, 1.807) is 34.2 Å². The lowest BCUT2D eigenvalue weighted by Gasteiger charge is -2.18. The normalized spacial score (nSPS) is 12.4. The van der Waals surface area contributed by atoms with Gasteiger partial charge in [-0.25, -0.2) is 4.79 Å². The van der Waals surface area contributed by atoms with Crippen LogP contribution in [0.1, 0.15) is 17.4 Å². The van der Waals surface area contributed by atoms with Crippen LogP contribution in [0.15, 0.2) is 41.8 Å². The highest BCUT2D eigenvalue weighted by molar-refractivity contribution is 7.11. The molecule has 0 N–H and O–H groups in total. The van der Waals surface area contributed by atoms with Crippen LogP contribution < -0.4 is 4.74 Å². The molecule has 6 heteroatoms. The Labute approximate surface area is 151 Å². The quantitative estimate of drug-likeness (QED) is 0.586. The highest BCUT2D eigenvalue weighted by Gasteiger charge is 2.23. The van der Waals surface area contributed by atoms with Crippen LogP contribution in [0.2, 0.25) is 0 Å². The molecule has 0 bridgehead atoms. The fourth-order valence-corrected chi connectivity index (χ4v) is 2.90. The van der Waals surface area contributed by atoms with Crippen LogP contribution in [-0.2, 0) is 14.3 Å². The first-order chi connectivity index (χ1) is 11.9. The van der Waals surface area contributed by atoms with E-state index in [4.69, 9.17) is 9.47 Å². The molecule has 0 saturated carbocycles. The number of thiophene rings is 1. The van der Waals surface area contributed by atoms with E-state index in [2.05, 4.69) is 0 Å². The van der Waals surface area contributed by atoms with Crippen LogP contribution in [0, 0.1) is 0 Å². The molecule has 5 nitrogen and oxygen atoms in total. The van der Waals surface area contributed by atoms with Crippen LogP contribution >= 0.6 is 11.3 Å². The van der Waals surface area contributed by atoms with E-state index in [-0.39, 0.29) is 5.91 Å². The van der Waals surface area contributed by atoms with Crippen molar-refractivity contribution >= 4 is 34.9 Å². The minimum absolute atomic E-state index is 0.261. The van der Waals surface area contributed by atoms with Gasteiger partial charge in [0.1, 0.15) is 5.75 Å². The SMILES string of the molecule is COc1ccc(/C=C(/C(=O)O[C@H](C)C(=O)N(C)C)c2cccs2)cc1. The number of carbonyl (C=O) groups excluding carboxylic acids is 2. The van der Waals surface area contributed by atoms with Crippen LogP contribution in [0.4, 0.5) is 0 Å². The van der Waals surface area contributed by atoms with E-state index >= 15 is 0 Å². The summed E-state index contributed by atoms with van der Waals surface area (Å²) in [5.41, 5.74) is 1.26. The van der Waals surface area contributed by atoms with Crippen LogP contribution in [0.5, 0.6) is 5.75 Å². The molecule has 0 unspecified atom stereocenters. The summed E-state index contributed by atoms with van der Waals surface area (Å²) in [5.74, 6) is -0.0492. The molecule has 1 heterocycles. The van der Waals surface area contributed by atoms with Gasteiger partial charge in [-0.1, -0.05) is 18.2 Å². The van der Waals surface area contributed by atoms with Crippen molar-refractivity contribution in [1.29, 1.82) is 0 Å². The van der Waals surface area contributed by atoms with Crippen molar-refractivity contribution in [1.82, 2.24) is 4.90 Å². The smallest absolute Gasteiger partial charge is 0.340 e. The van der Waals surface area contributed by atoms with E-state index in [1.165, 1.54) is 16.2 Å². The van der Waals surface area contributed by atoms with Gasteiger partial charge in [0.05, 0.1) is 12.7 Å². The Bertz CT molecular complexity index is 748. The molecule has 0 aliphatic heterocycles. The Hall–Kier alpha value is -2.60. The van der Waals surface area contributed by atoms with Gasteiger partial charge in [0.2, 0.25) is 0 Å². The van der Waals surface area contributed by atoms with E-state index in [1.807, 2.05) is 41.8 Å². The van der Waals surface area contributed by atoms with Gasteiger partial charge in [-0.2, -0.15) is 0 Å². The van der Waals surface area contributed by atoms with Gasteiger partial charge in [-0.15, -0.1) is 11.3 Å². The molecule has 0 spiro atoms. The summed E-state index contributed by atoms with van der Waals surface area (Å²) >= 11 is 1.44. The standard InChI is InChI=1S/C19H21NO4S/c1-13(18(21)20(2)3)24-19(22)16(17-6-5-11-25-17)12-14-7-9-15(23-4)10-8-14/h5-13H,1-4H3/b16-12+/t13-/m1/s1. The maximum atomic E-state index is 12.6. The van der Waals surface area contributed by atoms with Gasteiger partial charge < -0.3 is 14.4 Å². The van der Waals surface area contributed by atoms with Crippen molar-refractivity contribution in [3.05, 3.63) is 52.2 Å². The first-order valence-electron chi connectivity index (χ1n) is 7.74. The molecule has 0 aliphatic carbocycles. The number of hydrogen-bond donors (Lipinski definition) is 0. The highest BCUT2D eigenvalue weighted by Crippen LogP contribution is 2.25. The van der Waals surface area contributed by atoms with Crippen molar-refractivity contribution in [3.8, 4) is 5.75 Å². The molecule has 0 aliphatic rings. The second-order valence-corrected chi connectivity index (χ2v) is 6.54. The molecule has 0 fully saturated rings. The number of nitrogens with zero attached hydrogens (tertiary/aromatic N) is 1. The molecule has 1 aromatic heterocycles. The summed E-state index contributed by atoms with van der Waals surface area (Å²) < 4.78 is 10.5. The maximum Gasteiger partial charge on any atom is 0.340 e. The zero-order valence-corrected chi connectivity index (χ0v) is 15.5. The van der Waals surface area contributed by atoms with Crippen LogP contribution in [0.3, 0.4) is 0 Å². The van der Waals surface area contributed by atoms with Gasteiger partial charge >= 0.3 is 5.97 Å². The van der Waals surface area contributed by atoms with E-state index in [0.717, 1.165) is 16.2 Å². The van der Waals surface area contributed by atoms with Crippen molar-refractivity contribution in [2.75, 3.05) is 21.2 Å². The van der Waals surface area contributed by atoms with Crippen molar-refractivity contribution < 1.29 is 19.1 Å². The third-order valence-corrected chi connectivity index (χ3v) is 4.41. The predicted molar refractivity (Wildman–Crippen MR) is 99.4 cm³/mol. The minimum Gasteiger partial charge on any atom is -0.497 e. The topological polar surface area (TPSA) is 55.8 Å². The molecule has 2 rings (SSSR count). The fraction of sp³-hybridized carbons (Fsp3) is 0.263. The van der Waals surface area contributed by atoms with Crippen LogP contribution in [0.25, 0.3) is 11.6 Å². The molecule has 1 aromatic carbocycles. The third-order valence-electron chi connectivity index (χ3n) is 3.51. The Morgan fingerprint density at radius 3 is 2.36 bits per heavy atom. The first kappa shape index (κ1) is 18.7. The number of amides is 1. The second-order valence-electron chi connectivity index (χ2n) is 5.59. The Kier molecular flexibility index (Phi) is 6.36. The number of hydrogen-bond acceptors (Lipinski definition) is 5. The fourth-order valence-electron chi connectivity index (χ4n) is 2.17. The van der Waals surface area contributed by atoms with E-state index in [9.17, 15) is 9.59 Å². The molecule has 132 valence electrons. The largest absolute Gasteiger partial charge is 0.497 e. The molecular weight excluding hydrogens is 338 g/mol. The first-order valence-corrected chi connectivity index (χ1v) is 8.62. The molecular formula is C19H21NO4S. The average Bonchev–Trinajstić information content (AvgIpc) is 3.13. The monoisotopic (exact) mass is 359 g/mol. The third kappa shape index (κ3) is 4.93. The summed E-state index contributed by atoms with van der Waals surface area (Å²) in [6.07, 6.45) is 0.905. The number of benzene rings is 1. The number of carbonyl (C=O) groups is 2. The van der Waals surface area contributed by atoms with Gasteiger partial charge in [0.15, 0.2) is 6.10 Å². The minimum atomic E-state index is -0.846. The Morgan fingerprint density at radius 1 is 1.16 bits per heavy atom. The molecule has 0 saturated heterocycles. The van der Waals surface area contributed by atoms with Crippen molar-refractivity contribution in [2.45, 2.75) is 13.0 Å². The van der Waals surface area contributed by atoms with E-state index < -0.39 is 12.1 Å². The predicted octanol–water partition coefficient (Wildman–Crippen LogP) is 3.32. The molecule has 1 atom stereocenters. The van der Waals surface area contributed by atoms with Gasteiger partial charge in [-0.3, -0.25) is 4.79 Å². The maximum absolute atomic E-state index is 12.6. The number of rotatable bonds is 6. The van der Waals surface area contributed by atoms with Crippen molar-refractivity contribution in [3.63, 3.8) is 0 Å². The summed E-state index contributed by atoms with van der Waals surface area (Å²) in [6, 6.07) is 11.1. The number of ether oxygens (including phenoxy) is 2. The summed E-state index contributed by atoms with van der Waals surface area (Å²) in [5, 5.41) is 1.89. The average molecular weight is 359 g/mol. The van der Waals surface area contributed by atoms with E-state index in [0.29, 0.717) is 5.57 Å². The lowest BCUT2D eigenvalue weighted by Crippen LogP contribution is -2.35. The summed E-state index contributed by atoms with van der Waals surface area (Å²) in [6.45, 7) is 1.57. The summed E-state index contributed by atoms with van der Waals surface area (Å²) in [4.78, 5) is 26.7. The molecule has 1 amide bonds. The summed E-state index contributed by atoms with van der Waals surface area (Å²) in [7, 11) is 4.85. The van der Waals surface area contributed by atoms with Gasteiger partial charge in [0, 0.05) is 19.0 Å². The van der Waals surface area contributed by atoms with Gasteiger partial charge in [0.25, 0.3) is 5.91 Å². The molecule has 0 radical (unpaired) electrons. The zero-order chi connectivity index (χ0) is 18.4. The number of likely N-dealkylation sites (N-methyl/N-ethyl adjacent to an activating group) is 1. The number of esters is 1. The number of methoxy groups -OCH3 is 1.